The van der Waals surface area contributed by atoms with Crippen molar-refractivity contribution in [3.8, 4) is 0 Å². The predicted octanol–water partition coefficient (Wildman–Crippen LogP) is 2.13. The summed E-state index contributed by atoms with van der Waals surface area (Å²) in [6.07, 6.45) is 3.23. The van der Waals surface area contributed by atoms with Crippen LogP contribution >= 0.6 is 12.4 Å². The first-order valence-corrected chi connectivity index (χ1v) is 7.33. The van der Waals surface area contributed by atoms with Gasteiger partial charge in [0.05, 0.1) is 6.54 Å². The van der Waals surface area contributed by atoms with Crippen LogP contribution in [0.3, 0.4) is 0 Å². The molecule has 1 fully saturated rings. The molecule has 1 aromatic carbocycles. The summed E-state index contributed by atoms with van der Waals surface area (Å²) >= 11 is 0. The lowest BCUT2D eigenvalue weighted by Gasteiger charge is -2.36. The van der Waals surface area contributed by atoms with Gasteiger partial charge < -0.3 is 10.0 Å². The van der Waals surface area contributed by atoms with E-state index in [4.69, 9.17) is 5.11 Å². The molecule has 0 aliphatic carbocycles. The van der Waals surface area contributed by atoms with Gasteiger partial charge in [0.2, 0.25) is 0 Å². The molecule has 1 aliphatic rings. The number of carbonyl (C=O) groups is 1. The lowest BCUT2D eigenvalue weighted by atomic mass is 10.0. The van der Waals surface area contributed by atoms with Crippen LogP contribution in [0.5, 0.6) is 0 Å². The molecule has 1 aromatic rings. The largest absolute Gasteiger partial charge is 0.480 e. The van der Waals surface area contributed by atoms with Gasteiger partial charge in [0.1, 0.15) is 0 Å². The highest BCUT2D eigenvalue weighted by Gasteiger charge is 2.23. The third-order valence-corrected chi connectivity index (χ3v) is 4.12. The van der Waals surface area contributed by atoms with Gasteiger partial charge in [-0.2, -0.15) is 0 Å². The summed E-state index contributed by atoms with van der Waals surface area (Å²) in [6, 6.07) is 11.0. The second-order valence-electron chi connectivity index (χ2n) is 5.62. The second kappa shape index (κ2) is 9.03. The molecule has 0 atom stereocenters. The maximum Gasteiger partial charge on any atom is 0.317 e. The van der Waals surface area contributed by atoms with Gasteiger partial charge in [-0.25, -0.2) is 0 Å². The molecule has 0 saturated carbocycles. The van der Waals surface area contributed by atoms with Crippen LogP contribution in [-0.4, -0.2) is 60.1 Å². The second-order valence-corrected chi connectivity index (χ2v) is 5.62. The molecule has 0 spiro atoms. The fourth-order valence-corrected chi connectivity index (χ4v) is 2.86. The molecular weight excluding hydrogens is 288 g/mol. The van der Waals surface area contributed by atoms with Crippen LogP contribution in [0.15, 0.2) is 30.3 Å². The molecule has 1 N–H and O–H groups in total. The summed E-state index contributed by atoms with van der Waals surface area (Å²) in [6.45, 7) is 3.39. The SMILES string of the molecule is CN(CC(=O)O)C1CCN(CCc2ccccc2)CC1.Cl. The average Bonchev–Trinajstić information content (AvgIpc) is 2.46. The summed E-state index contributed by atoms with van der Waals surface area (Å²) in [7, 11) is 1.92. The number of benzene rings is 1. The van der Waals surface area contributed by atoms with E-state index in [1.807, 2.05) is 18.0 Å². The van der Waals surface area contributed by atoms with Crippen molar-refractivity contribution in [2.75, 3.05) is 33.2 Å². The number of aliphatic carboxylic acids is 1. The molecule has 21 heavy (non-hydrogen) atoms. The van der Waals surface area contributed by atoms with E-state index in [2.05, 4.69) is 29.2 Å². The Morgan fingerprint density at radius 1 is 1.29 bits per heavy atom. The number of nitrogens with zero attached hydrogens (tertiary/aromatic N) is 2. The van der Waals surface area contributed by atoms with Crippen molar-refractivity contribution in [1.29, 1.82) is 0 Å². The first-order chi connectivity index (χ1) is 9.65. The third-order valence-electron chi connectivity index (χ3n) is 4.12. The summed E-state index contributed by atoms with van der Waals surface area (Å²) < 4.78 is 0. The molecule has 0 amide bonds. The van der Waals surface area contributed by atoms with Crippen LogP contribution in [-0.2, 0) is 11.2 Å². The van der Waals surface area contributed by atoms with Crippen molar-refractivity contribution in [3.63, 3.8) is 0 Å². The standard InChI is InChI=1S/C16H24N2O2.ClH/c1-17(13-16(19)20)15-8-11-18(12-9-15)10-7-14-5-3-2-4-6-14;/h2-6,15H,7-13H2,1H3,(H,19,20);1H. The lowest BCUT2D eigenvalue weighted by molar-refractivity contribution is -0.138. The van der Waals surface area contributed by atoms with Gasteiger partial charge in [-0.05, 0) is 45.0 Å². The van der Waals surface area contributed by atoms with Gasteiger partial charge in [0.25, 0.3) is 0 Å². The summed E-state index contributed by atoms with van der Waals surface area (Å²) in [5.41, 5.74) is 1.39. The van der Waals surface area contributed by atoms with E-state index in [1.165, 1.54) is 5.56 Å². The summed E-state index contributed by atoms with van der Waals surface area (Å²) in [4.78, 5) is 15.2. The Kier molecular flexibility index (Phi) is 7.72. The fourth-order valence-electron chi connectivity index (χ4n) is 2.86. The molecule has 0 aromatic heterocycles. The average molecular weight is 313 g/mol. The molecule has 0 unspecified atom stereocenters. The smallest absolute Gasteiger partial charge is 0.317 e. The molecule has 0 radical (unpaired) electrons. The van der Waals surface area contributed by atoms with E-state index in [0.29, 0.717) is 6.04 Å². The van der Waals surface area contributed by atoms with E-state index in [0.717, 1.165) is 38.9 Å². The number of piperidine rings is 1. The van der Waals surface area contributed by atoms with Gasteiger partial charge in [0, 0.05) is 12.6 Å². The van der Waals surface area contributed by atoms with Gasteiger partial charge in [-0.1, -0.05) is 30.3 Å². The van der Waals surface area contributed by atoms with E-state index in [9.17, 15) is 4.79 Å². The number of rotatable bonds is 6. The van der Waals surface area contributed by atoms with Crippen molar-refractivity contribution in [2.45, 2.75) is 25.3 Å². The van der Waals surface area contributed by atoms with E-state index < -0.39 is 5.97 Å². The predicted molar refractivity (Wildman–Crippen MR) is 87.1 cm³/mol. The monoisotopic (exact) mass is 312 g/mol. The molecule has 0 bridgehead atoms. The molecular formula is C16H25ClN2O2. The Morgan fingerprint density at radius 3 is 2.48 bits per heavy atom. The number of hydrogen-bond acceptors (Lipinski definition) is 3. The van der Waals surface area contributed by atoms with E-state index >= 15 is 0 Å². The van der Waals surface area contributed by atoms with E-state index in [-0.39, 0.29) is 19.0 Å². The number of carboxylic acid groups (broad SMARTS) is 1. The Hall–Kier alpha value is -1.10. The van der Waals surface area contributed by atoms with Gasteiger partial charge in [0.15, 0.2) is 0 Å². The number of hydrogen-bond donors (Lipinski definition) is 1. The minimum atomic E-state index is -0.737. The van der Waals surface area contributed by atoms with Crippen LogP contribution in [0.25, 0.3) is 0 Å². The Balaban J connectivity index is 0.00000220. The van der Waals surface area contributed by atoms with Crippen LogP contribution < -0.4 is 0 Å². The Bertz CT molecular complexity index is 420. The minimum absolute atomic E-state index is 0. The zero-order valence-electron chi connectivity index (χ0n) is 12.6. The minimum Gasteiger partial charge on any atom is -0.480 e. The van der Waals surface area contributed by atoms with Crippen LogP contribution in [0.4, 0.5) is 0 Å². The van der Waals surface area contributed by atoms with Crippen molar-refractivity contribution in [1.82, 2.24) is 9.80 Å². The zero-order chi connectivity index (χ0) is 14.4. The van der Waals surface area contributed by atoms with Crippen LogP contribution in [0.1, 0.15) is 18.4 Å². The number of halogens is 1. The van der Waals surface area contributed by atoms with Gasteiger partial charge in [-0.15, -0.1) is 12.4 Å². The molecule has 2 rings (SSSR count). The first kappa shape index (κ1) is 18.0. The maximum atomic E-state index is 10.7. The Labute approximate surface area is 133 Å². The molecule has 118 valence electrons. The molecule has 1 heterocycles. The first-order valence-electron chi connectivity index (χ1n) is 7.33. The lowest BCUT2D eigenvalue weighted by Crippen LogP contribution is -2.45. The highest BCUT2D eigenvalue weighted by molar-refractivity contribution is 5.85. The van der Waals surface area contributed by atoms with Gasteiger partial charge >= 0.3 is 5.97 Å². The zero-order valence-corrected chi connectivity index (χ0v) is 13.4. The van der Waals surface area contributed by atoms with Gasteiger partial charge in [-0.3, -0.25) is 9.69 Å². The van der Waals surface area contributed by atoms with Crippen LogP contribution in [0.2, 0.25) is 0 Å². The highest BCUT2D eigenvalue weighted by Crippen LogP contribution is 2.15. The topological polar surface area (TPSA) is 43.8 Å². The van der Waals surface area contributed by atoms with Crippen molar-refractivity contribution < 1.29 is 9.90 Å². The fraction of sp³-hybridized carbons (Fsp3) is 0.562. The number of likely N-dealkylation sites (tertiary alicyclic amines) is 1. The van der Waals surface area contributed by atoms with Crippen molar-refractivity contribution in [3.05, 3.63) is 35.9 Å². The molecule has 1 aliphatic heterocycles. The van der Waals surface area contributed by atoms with Crippen molar-refractivity contribution in [2.24, 2.45) is 0 Å². The number of carboxylic acids is 1. The molecule has 4 nitrogen and oxygen atoms in total. The third kappa shape index (κ3) is 6.04. The summed E-state index contributed by atoms with van der Waals surface area (Å²) in [5, 5.41) is 8.82. The number of likely N-dealkylation sites (N-methyl/N-ethyl adjacent to an activating group) is 1. The highest BCUT2D eigenvalue weighted by atomic mass is 35.5. The van der Waals surface area contributed by atoms with Crippen molar-refractivity contribution >= 4 is 18.4 Å². The quantitative estimate of drug-likeness (QED) is 0.874. The normalized spacial score (nSPS) is 16.7. The molecule has 5 heteroatoms. The van der Waals surface area contributed by atoms with Crippen LogP contribution in [0, 0.1) is 0 Å². The summed E-state index contributed by atoms with van der Waals surface area (Å²) in [5.74, 6) is -0.737. The molecule has 1 saturated heterocycles. The Morgan fingerprint density at radius 2 is 1.90 bits per heavy atom. The maximum absolute atomic E-state index is 10.7. The van der Waals surface area contributed by atoms with E-state index in [1.54, 1.807) is 0 Å².